The van der Waals surface area contributed by atoms with Crippen molar-refractivity contribution in [1.82, 2.24) is 9.38 Å². The largest absolute Gasteiger partial charge is 0.325 e. The number of carbonyl (C=O) groups excluding carboxylic acids is 2. The minimum atomic E-state index is -0.282. The number of pyridine rings is 1. The van der Waals surface area contributed by atoms with E-state index in [1.54, 1.807) is 28.9 Å². The van der Waals surface area contributed by atoms with Crippen LogP contribution in [0.5, 0.6) is 0 Å². The van der Waals surface area contributed by atoms with Gasteiger partial charge in [0, 0.05) is 25.0 Å². The summed E-state index contributed by atoms with van der Waals surface area (Å²) < 4.78 is 1.70. The minimum absolute atomic E-state index is 0.151. The molecule has 2 aromatic heterocycles. The average molecular weight is 294 g/mol. The third kappa shape index (κ3) is 2.95. The number of hydrogen-bond donors (Lipinski definition) is 2. The van der Waals surface area contributed by atoms with Crippen LogP contribution in [0, 0.1) is 0 Å². The molecule has 2 N–H and O–H groups in total. The number of aromatic nitrogens is 2. The Bertz CT molecular complexity index is 840. The summed E-state index contributed by atoms with van der Waals surface area (Å²) in [6.45, 7) is 1.44. The molecule has 3 aromatic rings. The molecule has 0 fully saturated rings. The smallest absolute Gasteiger partial charge is 0.275 e. The fraction of sp³-hybridized carbons (Fsp3) is 0.0625. The van der Waals surface area contributed by atoms with Gasteiger partial charge < -0.3 is 15.0 Å². The molecule has 0 aliphatic heterocycles. The summed E-state index contributed by atoms with van der Waals surface area (Å²) in [5.74, 6) is -0.433. The van der Waals surface area contributed by atoms with E-state index in [4.69, 9.17) is 0 Å². The molecule has 0 saturated heterocycles. The molecule has 2 heterocycles. The quantitative estimate of drug-likeness (QED) is 0.779. The number of nitrogens with one attached hydrogen (secondary N) is 2. The highest BCUT2D eigenvalue weighted by Crippen LogP contribution is 2.13. The van der Waals surface area contributed by atoms with E-state index < -0.39 is 0 Å². The number of fused-ring (bicyclic) bond motifs is 1. The van der Waals surface area contributed by atoms with Gasteiger partial charge in [-0.05, 0) is 24.3 Å². The summed E-state index contributed by atoms with van der Waals surface area (Å²) in [6.07, 6.45) is 3.34. The molecule has 22 heavy (non-hydrogen) atoms. The Morgan fingerprint density at radius 1 is 0.955 bits per heavy atom. The van der Waals surface area contributed by atoms with Crippen LogP contribution in [0.4, 0.5) is 11.4 Å². The number of hydrogen-bond acceptors (Lipinski definition) is 3. The SMILES string of the molecule is CC(=O)Nc1ccc2nc(C(=O)Nc3ccccc3)cn2c1. The Morgan fingerprint density at radius 2 is 1.73 bits per heavy atom. The van der Waals surface area contributed by atoms with E-state index in [2.05, 4.69) is 15.6 Å². The zero-order valence-electron chi connectivity index (χ0n) is 11.9. The van der Waals surface area contributed by atoms with Crippen molar-refractivity contribution in [1.29, 1.82) is 0 Å². The Kier molecular flexibility index (Phi) is 3.57. The second-order valence-corrected chi connectivity index (χ2v) is 4.81. The normalized spacial score (nSPS) is 10.4. The molecule has 0 aliphatic carbocycles. The summed E-state index contributed by atoms with van der Waals surface area (Å²) in [7, 11) is 0. The number of amides is 2. The zero-order chi connectivity index (χ0) is 15.5. The van der Waals surface area contributed by atoms with Crippen LogP contribution in [0.3, 0.4) is 0 Å². The Hall–Kier alpha value is -3.15. The summed E-state index contributed by atoms with van der Waals surface area (Å²) in [6, 6.07) is 12.7. The number of imidazole rings is 1. The van der Waals surface area contributed by atoms with E-state index in [9.17, 15) is 9.59 Å². The maximum atomic E-state index is 12.2. The molecule has 0 spiro atoms. The molecule has 0 unspecified atom stereocenters. The number of nitrogens with zero attached hydrogens (tertiary/aromatic N) is 2. The van der Waals surface area contributed by atoms with Crippen LogP contribution in [0.2, 0.25) is 0 Å². The van der Waals surface area contributed by atoms with Crippen molar-refractivity contribution in [3.8, 4) is 0 Å². The van der Waals surface area contributed by atoms with Crippen molar-refractivity contribution in [2.75, 3.05) is 10.6 Å². The molecular weight excluding hydrogens is 280 g/mol. The van der Waals surface area contributed by atoms with Crippen molar-refractivity contribution >= 4 is 28.8 Å². The maximum Gasteiger partial charge on any atom is 0.275 e. The predicted octanol–water partition coefficient (Wildman–Crippen LogP) is 2.55. The zero-order valence-corrected chi connectivity index (χ0v) is 11.9. The number of benzene rings is 1. The highest BCUT2D eigenvalue weighted by Gasteiger charge is 2.11. The van der Waals surface area contributed by atoms with Crippen LogP contribution in [0.1, 0.15) is 17.4 Å². The molecule has 0 radical (unpaired) electrons. The summed E-state index contributed by atoms with van der Waals surface area (Å²) >= 11 is 0. The van der Waals surface area contributed by atoms with Crippen molar-refractivity contribution in [2.45, 2.75) is 6.92 Å². The maximum absolute atomic E-state index is 12.2. The molecule has 1 aromatic carbocycles. The van der Waals surface area contributed by atoms with Gasteiger partial charge in [0.05, 0.1) is 5.69 Å². The average Bonchev–Trinajstić information content (AvgIpc) is 2.91. The molecule has 6 heteroatoms. The van der Waals surface area contributed by atoms with Crippen LogP contribution in [-0.2, 0) is 4.79 Å². The monoisotopic (exact) mass is 294 g/mol. The number of anilines is 2. The molecule has 2 amide bonds. The lowest BCUT2D eigenvalue weighted by atomic mass is 10.3. The molecule has 3 rings (SSSR count). The van der Waals surface area contributed by atoms with Crippen molar-refractivity contribution in [3.05, 3.63) is 60.6 Å². The Balaban J connectivity index is 1.85. The summed E-state index contributed by atoms with van der Waals surface area (Å²) in [5, 5.41) is 5.47. The second-order valence-electron chi connectivity index (χ2n) is 4.81. The van der Waals surface area contributed by atoms with E-state index in [0.717, 1.165) is 0 Å². The van der Waals surface area contributed by atoms with E-state index in [1.807, 2.05) is 30.3 Å². The van der Waals surface area contributed by atoms with Gasteiger partial charge in [0.25, 0.3) is 5.91 Å². The summed E-state index contributed by atoms with van der Waals surface area (Å²) in [5.41, 5.74) is 2.30. The fourth-order valence-corrected chi connectivity index (χ4v) is 2.10. The lowest BCUT2D eigenvalue weighted by Crippen LogP contribution is -2.11. The van der Waals surface area contributed by atoms with Gasteiger partial charge in [0.1, 0.15) is 11.3 Å². The third-order valence-corrected chi connectivity index (χ3v) is 3.04. The first-order chi connectivity index (χ1) is 10.6. The highest BCUT2D eigenvalue weighted by molar-refractivity contribution is 6.03. The van der Waals surface area contributed by atoms with Gasteiger partial charge in [-0.1, -0.05) is 18.2 Å². The molecule has 0 atom stereocenters. The van der Waals surface area contributed by atoms with E-state index in [1.165, 1.54) is 6.92 Å². The van der Waals surface area contributed by atoms with Crippen molar-refractivity contribution < 1.29 is 9.59 Å². The van der Waals surface area contributed by atoms with Crippen LogP contribution in [0.15, 0.2) is 54.9 Å². The first kappa shape index (κ1) is 13.8. The molecule has 0 bridgehead atoms. The van der Waals surface area contributed by atoms with Gasteiger partial charge in [-0.3, -0.25) is 9.59 Å². The van der Waals surface area contributed by atoms with Crippen molar-refractivity contribution in [3.63, 3.8) is 0 Å². The Labute approximate surface area is 126 Å². The van der Waals surface area contributed by atoms with E-state index >= 15 is 0 Å². The molecule has 0 aliphatic rings. The number of rotatable bonds is 3. The lowest BCUT2D eigenvalue weighted by Gasteiger charge is -2.01. The standard InChI is InChI=1S/C16H14N4O2/c1-11(21)17-13-7-8-15-19-14(10-20(15)9-13)16(22)18-12-5-3-2-4-6-12/h2-10H,1H3,(H,17,21)(H,18,22). The molecule has 6 nitrogen and oxygen atoms in total. The van der Waals surface area contributed by atoms with Crippen LogP contribution in [-0.4, -0.2) is 21.2 Å². The number of para-hydroxylation sites is 1. The lowest BCUT2D eigenvalue weighted by molar-refractivity contribution is -0.114. The van der Waals surface area contributed by atoms with Gasteiger partial charge in [-0.15, -0.1) is 0 Å². The van der Waals surface area contributed by atoms with Gasteiger partial charge in [-0.2, -0.15) is 0 Å². The fourth-order valence-electron chi connectivity index (χ4n) is 2.10. The van der Waals surface area contributed by atoms with E-state index in [0.29, 0.717) is 22.7 Å². The Morgan fingerprint density at radius 3 is 2.45 bits per heavy atom. The molecule has 110 valence electrons. The third-order valence-electron chi connectivity index (χ3n) is 3.04. The highest BCUT2D eigenvalue weighted by atomic mass is 16.2. The van der Waals surface area contributed by atoms with Crippen LogP contribution >= 0.6 is 0 Å². The van der Waals surface area contributed by atoms with Gasteiger partial charge >= 0.3 is 0 Å². The molecular formula is C16H14N4O2. The first-order valence-electron chi connectivity index (χ1n) is 6.74. The topological polar surface area (TPSA) is 75.5 Å². The number of carbonyl (C=O) groups is 2. The van der Waals surface area contributed by atoms with Crippen LogP contribution in [0.25, 0.3) is 5.65 Å². The second kappa shape index (κ2) is 5.69. The van der Waals surface area contributed by atoms with Gasteiger partial charge in [0.15, 0.2) is 0 Å². The first-order valence-corrected chi connectivity index (χ1v) is 6.74. The minimum Gasteiger partial charge on any atom is -0.325 e. The molecule has 0 saturated carbocycles. The summed E-state index contributed by atoms with van der Waals surface area (Å²) in [4.78, 5) is 27.5. The van der Waals surface area contributed by atoms with Crippen LogP contribution < -0.4 is 10.6 Å². The predicted molar refractivity (Wildman–Crippen MR) is 83.9 cm³/mol. The van der Waals surface area contributed by atoms with Gasteiger partial charge in [0.2, 0.25) is 5.91 Å². The van der Waals surface area contributed by atoms with Crippen molar-refractivity contribution in [2.24, 2.45) is 0 Å². The van der Waals surface area contributed by atoms with E-state index in [-0.39, 0.29) is 11.8 Å². The van der Waals surface area contributed by atoms with Gasteiger partial charge in [-0.25, -0.2) is 4.98 Å².